The Bertz CT molecular complexity index is 465. The van der Waals surface area contributed by atoms with Gasteiger partial charge >= 0.3 is 12.1 Å². The van der Waals surface area contributed by atoms with Crippen LogP contribution in [-0.4, -0.2) is 45.9 Å². The lowest BCUT2D eigenvalue weighted by Crippen LogP contribution is -2.60. The topological polar surface area (TPSA) is 147 Å². The summed E-state index contributed by atoms with van der Waals surface area (Å²) < 4.78 is 0. The Balaban J connectivity index is 0.00000102. The number of aliphatic hydroxyl groups excluding tert-OH is 1. The van der Waals surface area contributed by atoms with Gasteiger partial charge in [0.15, 0.2) is 0 Å². The van der Waals surface area contributed by atoms with Gasteiger partial charge in [-0.15, -0.1) is 12.4 Å². The molecular weight excluding hydrogens is 316 g/mol. The SMILES string of the molecule is CC(C)[C@H](N)C(=O)N[C@@]1(C(=O)O)C[C@H](O)[C@H]2C[C@H]21.Cl.O=C=O. The van der Waals surface area contributed by atoms with Crippen LogP contribution in [0.25, 0.3) is 0 Å². The number of nitrogens with two attached hydrogens (primary N) is 1. The molecule has 2 fully saturated rings. The van der Waals surface area contributed by atoms with Crippen molar-refractivity contribution in [1.29, 1.82) is 0 Å². The number of rotatable bonds is 4. The van der Waals surface area contributed by atoms with E-state index in [1.165, 1.54) is 0 Å². The first-order valence-electron chi connectivity index (χ1n) is 6.69. The van der Waals surface area contributed by atoms with Crippen LogP contribution in [0.3, 0.4) is 0 Å². The van der Waals surface area contributed by atoms with E-state index in [1.807, 2.05) is 0 Å². The van der Waals surface area contributed by atoms with Crippen molar-refractivity contribution in [1.82, 2.24) is 5.32 Å². The average Bonchev–Trinajstić information content (AvgIpc) is 3.13. The molecule has 0 unspecified atom stereocenters. The van der Waals surface area contributed by atoms with Gasteiger partial charge in [0.05, 0.1) is 12.1 Å². The highest BCUT2D eigenvalue weighted by Gasteiger charge is 2.67. The summed E-state index contributed by atoms with van der Waals surface area (Å²) in [7, 11) is 0. The van der Waals surface area contributed by atoms with Crippen LogP contribution in [0.5, 0.6) is 0 Å². The molecule has 126 valence electrons. The zero-order chi connectivity index (χ0) is 16.4. The monoisotopic (exact) mass is 336 g/mol. The van der Waals surface area contributed by atoms with Crippen LogP contribution < -0.4 is 11.1 Å². The number of hydrogen-bond donors (Lipinski definition) is 4. The molecule has 0 saturated heterocycles. The summed E-state index contributed by atoms with van der Waals surface area (Å²) in [6.07, 6.45) is 0.348. The van der Waals surface area contributed by atoms with Crippen LogP contribution in [0.1, 0.15) is 26.7 Å². The van der Waals surface area contributed by atoms with Gasteiger partial charge in [0.25, 0.3) is 0 Å². The van der Waals surface area contributed by atoms with Crippen molar-refractivity contribution in [2.75, 3.05) is 0 Å². The van der Waals surface area contributed by atoms with Gasteiger partial charge in [-0.1, -0.05) is 13.8 Å². The summed E-state index contributed by atoms with van der Waals surface area (Å²) in [5.41, 5.74) is 4.40. The number of nitrogens with one attached hydrogen (secondary N) is 1. The van der Waals surface area contributed by atoms with Gasteiger partial charge in [-0.3, -0.25) is 4.79 Å². The average molecular weight is 337 g/mol. The lowest BCUT2D eigenvalue weighted by molar-refractivity contribution is -0.191. The summed E-state index contributed by atoms with van der Waals surface area (Å²) in [4.78, 5) is 39.7. The largest absolute Gasteiger partial charge is 0.479 e. The van der Waals surface area contributed by atoms with Crippen molar-refractivity contribution >= 4 is 30.4 Å². The third-order valence-corrected chi connectivity index (χ3v) is 4.25. The Kier molecular flexibility index (Phi) is 7.18. The van der Waals surface area contributed by atoms with E-state index in [9.17, 15) is 19.8 Å². The molecule has 0 bridgehead atoms. The molecule has 0 aliphatic heterocycles. The number of carbonyl (C=O) groups excluding carboxylic acids is 3. The number of fused-ring (bicyclic) bond motifs is 1. The van der Waals surface area contributed by atoms with Crippen molar-refractivity contribution in [3.63, 3.8) is 0 Å². The Morgan fingerprint density at radius 2 is 1.86 bits per heavy atom. The third kappa shape index (κ3) is 3.84. The van der Waals surface area contributed by atoms with E-state index in [0.717, 1.165) is 0 Å². The van der Waals surface area contributed by atoms with Gasteiger partial charge in [0.1, 0.15) is 5.54 Å². The Hall–Kier alpha value is -1.47. The van der Waals surface area contributed by atoms with Crippen molar-refractivity contribution < 1.29 is 29.4 Å². The lowest BCUT2D eigenvalue weighted by Gasteiger charge is -2.30. The highest BCUT2D eigenvalue weighted by atomic mass is 35.5. The number of hydrogen-bond acceptors (Lipinski definition) is 6. The molecule has 2 aliphatic carbocycles. The Labute approximate surface area is 133 Å². The van der Waals surface area contributed by atoms with Crippen LogP contribution in [0, 0.1) is 17.8 Å². The van der Waals surface area contributed by atoms with Crippen LogP contribution in [0.15, 0.2) is 0 Å². The van der Waals surface area contributed by atoms with Crippen molar-refractivity contribution in [3.8, 4) is 0 Å². The third-order valence-electron chi connectivity index (χ3n) is 4.25. The van der Waals surface area contributed by atoms with E-state index < -0.39 is 29.6 Å². The van der Waals surface area contributed by atoms with E-state index in [-0.39, 0.29) is 42.7 Å². The van der Waals surface area contributed by atoms with E-state index in [1.54, 1.807) is 13.8 Å². The van der Waals surface area contributed by atoms with Gasteiger partial charge < -0.3 is 21.3 Å². The van der Waals surface area contributed by atoms with Gasteiger partial charge in [0.2, 0.25) is 5.91 Å². The highest BCUT2D eigenvalue weighted by Crippen LogP contribution is 2.57. The van der Waals surface area contributed by atoms with Gasteiger partial charge in [-0.05, 0) is 24.2 Å². The molecule has 1 amide bonds. The second kappa shape index (κ2) is 7.69. The predicted octanol–water partition coefficient (Wildman–Crippen LogP) is -0.852. The molecule has 0 spiro atoms. The molecule has 0 radical (unpaired) electrons. The van der Waals surface area contributed by atoms with E-state index in [4.69, 9.17) is 15.3 Å². The number of carboxylic acids is 1. The quantitative estimate of drug-likeness (QED) is 0.522. The van der Waals surface area contributed by atoms with Gasteiger partial charge in [-0.2, -0.15) is 9.59 Å². The summed E-state index contributed by atoms with van der Waals surface area (Å²) in [5.74, 6) is -1.73. The molecule has 8 nitrogen and oxygen atoms in total. The molecule has 0 heterocycles. The van der Waals surface area contributed by atoms with Crippen LogP contribution in [0.4, 0.5) is 0 Å². The summed E-state index contributed by atoms with van der Waals surface area (Å²) in [5, 5.41) is 21.7. The first-order valence-corrected chi connectivity index (χ1v) is 6.69. The smallest absolute Gasteiger partial charge is 0.373 e. The maximum absolute atomic E-state index is 11.9. The molecule has 9 heteroatoms. The fourth-order valence-corrected chi connectivity index (χ4v) is 2.89. The summed E-state index contributed by atoms with van der Waals surface area (Å²) >= 11 is 0. The second-order valence-corrected chi connectivity index (χ2v) is 5.90. The molecule has 5 atom stereocenters. The molecule has 0 aromatic carbocycles. The molecule has 2 saturated carbocycles. The lowest BCUT2D eigenvalue weighted by atomic mass is 9.91. The normalized spacial score (nSPS) is 32.5. The first-order chi connectivity index (χ1) is 9.71. The van der Waals surface area contributed by atoms with Gasteiger partial charge in [-0.25, -0.2) is 4.79 Å². The van der Waals surface area contributed by atoms with Crippen LogP contribution >= 0.6 is 12.4 Å². The van der Waals surface area contributed by atoms with Crippen LogP contribution in [-0.2, 0) is 19.2 Å². The first kappa shape index (κ1) is 20.5. The molecule has 2 aliphatic rings. The molecule has 0 aromatic rings. The fraction of sp³-hybridized carbons (Fsp3) is 0.769. The van der Waals surface area contributed by atoms with Crippen molar-refractivity contribution in [3.05, 3.63) is 0 Å². The van der Waals surface area contributed by atoms with Crippen molar-refractivity contribution in [2.24, 2.45) is 23.5 Å². The maximum Gasteiger partial charge on any atom is 0.373 e. The Morgan fingerprint density at radius 3 is 2.14 bits per heavy atom. The number of carbonyl (C=O) groups is 2. The number of halogens is 1. The van der Waals surface area contributed by atoms with E-state index in [0.29, 0.717) is 6.42 Å². The minimum Gasteiger partial charge on any atom is -0.479 e. The van der Waals surface area contributed by atoms with Crippen molar-refractivity contribution in [2.45, 2.75) is 44.4 Å². The zero-order valence-corrected chi connectivity index (χ0v) is 13.1. The van der Waals surface area contributed by atoms with E-state index >= 15 is 0 Å². The molecule has 0 aromatic heterocycles. The summed E-state index contributed by atoms with van der Waals surface area (Å²) in [6.45, 7) is 3.61. The fourth-order valence-electron chi connectivity index (χ4n) is 2.89. The standard InChI is InChI=1S/C12H20N2O4.CO2.ClH/c1-5(2)9(13)10(16)14-12(11(17)18)4-8(15)6-3-7(6)12;2-1-3;/h5-9,15H,3-4,13H2,1-2H3,(H,14,16)(H,17,18);;1H/t6-,7+,8-,9-,12-;;/m0../s1. The number of amides is 1. The van der Waals surface area contributed by atoms with E-state index in [2.05, 4.69) is 5.32 Å². The molecule has 22 heavy (non-hydrogen) atoms. The van der Waals surface area contributed by atoms with Gasteiger partial charge in [0, 0.05) is 6.42 Å². The number of aliphatic hydroxyl groups is 1. The molecule has 5 N–H and O–H groups in total. The minimum atomic E-state index is -1.33. The number of aliphatic carboxylic acids is 1. The molecular formula is C13H21ClN2O6. The molecule has 2 rings (SSSR count). The minimum absolute atomic E-state index is 0. The predicted molar refractivity (Wildman–Crippen MR) is 75.8 cm³/mol. The zero-order valence-electron chi connectivity index (χ0n) is 12.3. The number of carboxylic acid groups (broad SMARTS) is 1. The second-order valence-electron chi connectivity index (χ2n) is 5.90. The highest BCUT2D eigenvalue weighted by molar-refractivity contribution is 5.90. The maximum atomic E-state index is 11.9. The van der Waals surface area contributed by atoms with Crippen LogP contribution in [0.2, 0.25) is 0 Å². The Morgan fingerprint density at radius 1 is 1.36 bits per heavy atom. The summed E-state index contributed by atoms with van der Waals surface area (Å²) in [6, 6.07) is -0.726.